The van der Waals surface area contributed by atoms with Crippen molar-refractivity contribution in [2.75, 3.05) is 0 Å². The number of benzene rings is 2. The number of hydrogen-bond acceptors (Lipinski definition) is 4. The largest absolute Gasteiger partial charge is 0.487 e. The smallest absolute Gasteiger partial charge is 0.254 e. The molecule has 0 N–H and O–H groups in total. The van der Waals surface area contributed by atoms with E-state index in [-0.39, 0.29) is 35.5 Å². The van der Waals surface area contributed by atoms with Gasteiger partial charge in [0.1, 0.15) is 12.4 Å². The summed E-state index contributed by atoms with van der Waals surface area (Å²) < 4.78 is 5.77. The van der Waals surface area contributed by atoms with E-state index in [1.54, 1.807) is 30.3 Å². The second-order valence-electron chi connectivity index (χ2n) is 7.84. The Morgan fingerprint density at radius 2 is 1.67 bits per heavy atom. The molecule has 2 aliphatic carbocycles. The van der Waals surface area contributed by atoms with Crippen LogP contribution in [-0.4, -0.2) is 23.0 Å². The standard InChI is InChI=1S/C23H18Cl2N2O3/c24-17-6-1-13(2-7-17)12-30-19-8-3-14(9-18(19)25)11-26-27-22(28)20-15-4-5-16(10-15)21(20)23(27)29/h1-9,11,15-16,20-21H,10,12H2. The first-order chi connectivity index (χ1) is 14.5. The van der Waals surface area contributed by atoms with Crippen LogP contribution in [-0.2, 0) is 16.2 Å². The Kier molecular flexibility index (Phi) is 4.88. The summed E-state index contributed by atoms with van der Waals surface area (Å²) in [7, 11) is 0. The number of amides is 2. The van der Waals surface area contributed by atoms with Crippen LogP contribution in [0.3, 0.4) is 0 Å². The number of carbonyl (C=O) groups excluding carboxylic acids is 2. The van der Waals surface area contributed by atoms with Gasteiger partial charge in [0.2, 0.25) is 0 Å². The van der Waals surface area contributed by atoms with Gasteiger partial charge in [-0.3, -0.25) is 9.59 Å². The molecule has 30 heavy (non-hydrogen) atoms. The zero-order chi connectivity index (χ0) is 20.8. The number of imide groups is 1. The summed E-state index contributed by atoms with van der Waals surface area (Å²) in [6.45, 7) is 0.361. The SMILES string of the molecule is O=C1C2C3C=CC(C3)C2C(=O)N1N=Cc1ccc(OCc2ccc(Cl)cc2)c(Cl)c1. The number of allylic oxidation sites excluding steroid dienone is 2. The van der Waals surface area contributed by atoms with E-state index in [0.29, 0.717) is 28.0 Å². The highest BCUT2D eigenvalue weighted by Gasteiger charge is 2.59. The van der Waals surface area contributed by atoms with E-state index in [9.17, 15) is 9.59 Å². The number of nitrogens with zero attached hydrogens (tertiary/aromatic N) is 2. The molecule has 2 aromatic carbocycles. The molecule has 2 bridgehead atoms. The van der Waals surface area contributed by atoms with Crippen molar-refractivity contribution in [2.24, 2.45) is 28.8 Å². The first-order valence-corrected chi connectivity index (χ1v) is 10.5. The summed E-state index contributed by atoms with van der Waals surface area (Å²) in [4.78, 5) is 25.3. The summed E-state index contributed by atoms with van der Waals surface area (Å²) in [6, 6.07) is 12.6. The maximum absolute atomic E-state index is 12.7. The lowest BCUT2D eigenvalue weighted by Crippen LogP contribution is -2.28. The van der Waals surface area contributed by atoms with Gasteiger partial charge in [0.05, 0.1) is 23.1 Å². The van der Waals surface area contributed by atoms with Crippen molar-refractivity contribution in [3.05, 3.63) is 75.8 Å². The third kappa shape index (κ3) is 3.32. The molecule has 3 aliphatic rings. The minimum absolute atomic E-state index is 0.170. The Morgan fingerprint density at radius 1 is 1.00 bits per heavy atom. The molecular weight excluding hydrogens is 423 g/mol. The van der Waals surface area contributed by atoms with Gasteiger partial charge in [-0.05, 0) is 59.7 Å². The summed E-state index contributed by atoms with van der Waals surface area (Å²) in [5.74, 6) is -0.0337. The maximum Gasteiger partial charge on any atom is 0.254 e. The Bertz CT molecular complexity index is 1050. The van der Waals surface area contributed by atoms with Gasteiger partial charge in [0, 0.05) is 5.02 Å². The maximum atomic E-state index is 12.7. The molecular formula is C23H18Cl2N2O3. The van der Waals surface area contributed by atoms with E-state index >= 15 is 0 Å². The predicted octanol–water partition coefficient (Wildman–Crippen LogP) is 4.71. The highest BCUT2D eigenvalue weighted by molar-refractivity contribution is 6.32. The molecule has 0 spiro atoms. The molecule has 1 saturated heterocycles. The molecule has 2 aromatic rings. The number of fused-ring (bicyclic) bond motifs is 5. The average molecular weight is 441 g/mol. The Morgan fingerprint density at radius 3 is 2.30 bits per heavy atom. The average Bonchev–Trinajstić information content (AvgIpc) is 3.41. The number of rotatable bonds is 5. The van der Waals surface area contributed by atoms with Gasteiger partial charge < -0.3 is 4.74 Å². The van der Waals surface area contributed by atoms with Crippen LogP contribution < -0.4 is 4.74 Å². The lowest BCUT2D eigenvalue weighted by molar-refractivity contribution is -0.140. The van der Waals surface area contributed by atoms with Crippen molar-refractivity contribution < 1.29 is 14.3 Å². The molecule has 5 nitrogen and oxygen atoms in total. The fraction of sp³-hybridized carbons (Fsp3) is 0.261. The Hall–Kier alpha value is -2.63. The van der Waals surface area contributed by atoms with E-state index in [1.807, 2.05) is 12.1 Å². The highest BCUT2D eigenvalue weighted by Crippen LogP contribution is 2.52. The number of ether oxygens (including phenoxy) is 1. The van der Waals surface area contributed by atoms with Crippen molar-refractivity contribution in [3.63, 3.8) is 0 Å². The molecule has 0 radical (unpaired) electrons. The van der Waals surface area contributed by atoms with Crippen LogP contribution >= 0.6 is 23.2 Å². The van der Waals surface area contributed by atoms with Gasteiger partial charge in [-0.2, -0.15) is 10.1 Å². The Balaban J connectivity index is 1.26. The van der Waals surface area contributed by atoms with Crippen LogP contribution in [0, 0.1) is 23.7 Å². The van der Waals surface area contributed by atoms with Gasteiger partial charge >= 0.3 is 0 Å². The number of carbonyl (C=O) groups is 2. The van der Waals surface area contributed by atoms with E-state index in [1.165, 1.54) is 6.21 Å². The molecule has 4 atom stereocenters. The molecule has 7 heteroatoms. The van der Waals surface area contributed by atoms with Gasteiger partial charge in [-0.15, -0.1) is 0 Å². The molecule has 5 rings (SSSR count). The molecule has 2 amide bonds. The normalized spacial score (nSPS) is 26.8. The zero-order valence-corrected chi connectivity index (χ0v) is 17.4. The quantitative estimate of drug-likeness (QED) is 0.384. The number of halogens is 2. The van der Waals surface area contributed by atoms with Crippen molar-refractivity contribution >= 4 is 41.2 Å². The predicted molar refractivity (Wildman–Crippen MR) is 114 cm³/mol. The minimum Gasteiger partial charge on any atom is -0.487 e. The Labute approximate surface area is 183 Å². The van der Waals surface area contributed by atoms with Gasteiger partial charge in [-0.1, -0.05) is 47.5 Å². The summed E-state index contributed by atoms with van der Waals surface area (Å²) in [5.41, 5.74) is 1.65. The van der Waals surface area contributed by atoms with Crippen molar-refractivity contribution in [1.82, 2.24) is 5.01 Å². The minimum atomic E-state index is -0.253. The van der Waals surface area contributed by atoms with Gasteiger partial charge in [0.25, 0.3) is 11.8 Å². The van der Waals surface area contributed by atoms with E-state index in [2.05, 4.69) is 17.3 Å². The van der Waals surface area contributed by atoms with Crippen molar-refractivity contribution in [1.29, 1.82) is 0 Å². The second-order valence-corrected chi connectivity index (χ2v) is 8.68. The molecule has 0 aromatic heterocycles. The summed E-state index contributed by atoms with van der Waals surface area (Å²) in [6.07, 6.45) is 6.51. The lowest BCUT2D eigenvalue weighted by Gasteiger charge is -2.13. The summed E-state index contributed by atoms with van der Waals surface area (Å²) in [5, 5.41) is 6.30. The third-order valence-corrected chi connectivity index (χ3v) is 6.58. The number of hydrazone groups is 1. The van der Waals surface area contributed by atoms with Crippen molar-refractivity contribution in [2.45, 2.75) is 13.0 Å². The van der Waals surface area contributed by atoms with E-state index in [0.717, 1.165) is 17.0 Å². The first kappa shape index (κ1) is 19.3. The zero-order valence-electron chi connectivity index (χ0n) is 15.9. The van der Waals surface area contributed by atoms with E-state index in [4.69, 9.17) is 27.9 Å². The monoisotopic (exact) mass is 440 g/mol. The fourth-order valence-electron chi connectivity index (χ4n) is 4.58. The summed E-state index contributed by atoms with van der Waals surface area (Å²) >= 11 is 12.2. The topological polar surface area (TPSA) is 59.0 Å². The highest BCUT2D eigenvalue weighted by atomic mass is 35.5. The lowest BCUT2D eigenvalue weighted by atomic mass is 9.85. The van der Waals surface area contributed by atoms with Crippen LogP contribution in [0.1, 0.15) is 17.5 Å². The van der Waals surface area contributed by atoms with Crippen LogP contribution in [0.15, 0.2) is 59.7 Å². The van der Waals surface area contributed by atoms with Crippen molar-refractivity contribution in [3.8, 4) is 5.75 Å². The van der Waals surface area contributed by atoms with Crippen LogP contribution in [0.4, 0.5) is 0 Å². The van der Waals surface area contributed by atoms with Crippen LogP contribution in [0.25, 0.3) is 0 Å². The number of hydrogen-bond donors (Lipinski definition) is 0. The van der Waals surface area contributed by atoms with Crippen LogP contribution in [0.5, 0.6) is 5.75 Å². The van der Waals surface area contributed by atoms with Gasteiger partial charge in [0.15, 0.2) is 0 Å². The fourth-order valence-corrected chi connectivity index (χ4v) is 4.95. The molecule has 1 saturated carbocycles. The molecule has 1 heterocycles. The molecule has 2 fully saturated rings. The first-order valence-electron chi connectivity index (χ1n) is 9.78. The van der Waals surface area contributed by atoms with Gasteiger partial charge in [-0.25, -0.2) is 0 Å². The molecule has 1 aliphatic heterocycles. The van der Waals surface area contributed by atoms with Crippen LogP contribution in [0.2, 0.25) is 10.0 Å². The molecule has 4 unspecified atom stereocenters. The second kappa shape index (κ2) is 7.56. The van der Waals surface area contributed by atoms with E-state index < -0.39 is 0 Å². The molecule has 152 valence electrons. The third-order valence-electron chi connectivity index (χ3n) is 6.03.